The Balaban J connectivity index is 2.55. The molecule has 1 aromatic rings. The second kappa shape index (κ2) is 6.39. The number of rotatable bonds is 5. The highest BCUT2D eigenvalue weighted by atomic mass is 19.2. The lowest BCUT2D eigenvalue weighted by Gasteiger charge is -2.12. The maximum absolute atomic E-state index is 13.7. The molecule has 23 heavy (non-hydrogen) atoms. The molecule has 2 N–H and O–H groups in total. The van der Waals surface area contributed by atoms with E-state index in [4.69, 9.17) is 5.41 Å². The molecule has 124 valence electrons. The molecule has 1 fully saturated rings. The molecule has 0 aromatic heterocycles. The lowest BCUT2D eigenvalue weighted by molar-refractivity contribution is -0.137. The summed E-state index contributed by atoms with van der Waals surface area (Å²) in [7, 11) is 0. The largest absolute Gasteiger partial charge is 0.506 e. The van der Waals surface area contributed by atoms with Gasteiger partial charge in [0, 0.05) is 12.0 Å². The Morgan fingerprint density at radius 1 is 1.30 bits per heavy atom. The number of hydrogen-bond acceptors (Lipinski definition) is 4. The Morgan fingerprint density at radius 2 is 1.87 bits per heavy atom. The molecular weight excluding hydrogens is 318 g/mol. The average Bonchev–Trinajstić information content (AvgIpc) is 3.20. The van der Waals surface area contributed by atoms with E-state index >= 15 is 0 Å². The Hall–Kier alpha value is -2.38. The third-order valence-electron chi connectivity index (χ3n) is 3.33. The zero-order valence-corrected chi connectivity index (χ0v) is 12.0. The van der Waals surface area contributed by atoms with E-state index in [0.717, 1.165) is 0 Å². The highest BCUT2D eigenvalue weighted by Gasteiger charge is 2.44. The molecule has 2 atom stereocenters. The number of benzene rings is 1. The van der Waals surface area contributed by atoms with Crippen molar-refractivity contribution in [1.82, 2.24) is 0 Å². The van der Waals surface area contributed by atoms with Gasteiger partial charge in [0.25, 0.3) is 0 Å². The van der Waals surface area contributed by atoms with Crippen LogP contribution in [0.2, 0.25) is 0 Å². The van der Waals surface area contributed by atoms with Gasteiger partial charge in [-0.2, -0.15) is 0 Å². The maximum atomic E-state index is 13.7. The van der Waals surface area contributed by atoms with Crippen molar-refractivity contribution in [3.63, 3.8) is 0 Å². The number of carbonyl (C=O) groups excluding carboxylic acids is 1. The van der Waals surface area contributed by atoms with Crippen molar-refractivity contribution in [2.75, 3.05) is 6.61 Å². The standard InChI is InChI=1S/C15H13F4NO3/c1-2-23-15(22)12(13(20)6-3-8(6)16)14(21)7-4-10(18)11(19)5-9(7)17/h4-6,8,20-21H,2-3H2,1H3. The molecule has 0 heterocycles. The summed E-state index contributed by atoms with van der Waals surface area (Å²) in [5, 5.41) is 17.9. The third kappa shape index (κ3) is 3.35. The van der Waals surface area contributed by atoms with Gasteiger partial charge in [0.15, 0.2) is 11.6 Å². The average molecular weight is 331 g/mol. The summed E-state index contributed by atoms with van der Waals surface area (Å²) in [6.45, 7) is 1.36. The molecule has 0 saturated heterocycles. The van der Waals surface area contributed by atoms with Crippen molar-refractivity contribution >= 4 is 17.4 Å². The molecule has 1 saturated carbocycles. The van der Waals surface area contributed by atoms with Gasteiger partial charge in [-0.25, -0.2) is 22.4 Å². The van der Waals surface area contributed by atoms with Crippen molar-refractivity contribution in [1.29, 1.82) is 5.41 Å². The summed E-state index contributed by atoms with van der Waals surface area (Å²) in [4.78, 5) is 11.9. The predicted molar refractivity (Wildman–Crippen MR) is 73.2 cm³/mol. The van der Waals surface area contributed by atoms with E-state index in [1.165, 1.54) is 6.92 Å². The minimum Gasteiger partial charge on any atom is -0.506 e. The Morgan fingerprint density at radius 3 is 2.39 bits per heavy atom. The lowest BCUT2D eigenvalue weighted by atomic mass is 10.0. The highest BCUT2D eigenvalue weighted by molar-refractivity contribution is 6.24. The lowest BCUT2D eigenvalue weighted by Crippen LogP contribution is -2.20. The number of ether oxygens (including phenoxy) is 1. The van der Waals surface area contributed by atoms with Gasteiger partial charge >= 0.3 is 5.97 Å². The first-order valence-electron chi connectivity index (χ1n) is 6.76. The van der Waals surface area contributed by atoms with Gasteiger partial charge < -0.3 is 15.3 Å². The molecule has 1 aliphatic carbocycles. The Kier molecular flexibility index (Phi) is 4.72. The number of hydrogen-bond donors (Lipinski definition) is 2. The van der Waals surface area contributed by atoms with E-state index in [1.54, 1.807) is 0 Å². The van der Waals surface area contributed by atoms with Crippen LogP contribution >= 0.6 is 0 Å². The fraction of sp³-hybridized carbons (Fsp3) is 0.333. The number of aliphatic hydroxyl groups excluding tert-OH is 1. The summed E-state index contributed by atoms with van der Waals surface area (Å²) in [6, 6.07) is 0.550. The Labute approximate surface area is 128 Å². The molecule has 0 bridgehead atoms. The molecule has 1 aliphatic rings. The van der Waals surface area contributed by atoms with Gasteiger partial charge in [0.2, 0.25) is 0 Å². The van der Waals surface area contributed by atoms with Gasteiger partial charge in [0.05, 0.1) is 17.9 Å². The third-order valence-corrected chi connectivity index (χ3v) is 3.33. The van der Waals surface area contributed by atoms with Crippen LogP contribution < -0.4 is 0 Å². The minimum absolute atomic E-state index is 0.0186. The van der Waals surface area contributed by atoms with Crippen molar-refractivity contribution < 1.29 is 32.2 Å². The van der Waals surface area contributed by atoms with E-state index in [2.05, 4.69) is 4.74 Å². The second-order valence-electron chi connectivity index (χ2n) is 4.96. The van der Waals surface area contributed by atoms with E-state index in [1.807, 2.05) is 0 Å². The van der Waals surface area contributed by atoms with E-state index < -0.39 is 58.1 Å². The van der Waals surface area contributed by atoms with Crippen LogP contribution in [-0.2, 0) is 9.53 Å². The quantitative estimate of drug-likeness (QED) is 0.217. The SMILES string of the molecule is CCOC(=O)C(C(=N)C1CC1F)=C(O)c1cc(F)c(F)cc1F. The summed E-state index contributed by atoms with van der Waals surface area (Å²) in [5.41, 5.74) is -2.15. The monoisotopic (exact) mass is 331 g/mol. The van der Waals surface area contributed by atoms with Crippen LogP contribution in [0, 0.1) is 28.8 Å². The summed E-state index contributed by atoms with van der Waals surface area (Å²) >= 11 is 0. The molecule has 0 radical (unpaired) electrons. The van der Waals surface area contributed by atoms with Gasteiger partial charge in [-0.15, -0.1) is 0 Å². The summed E-state index contributed by atoms with van der Waals surface area (Å²) in [6.07, 6.45) is -1.37. The fourth-order valence-corrected chi connectivity index (χ4v) is 2.02. The molecule has 0 amide bonds. The first kappa shape index (κ1) is 17.0. The number of carbonyl (C=O) groups is 1. The molecular formula is C15H13F4NO3. The highest BCUT2D eigenvalue weighted by Crippen LogP contribution is 2.38. The fourth-order valence-electron chi connectivity index (χ4n) is 2.02. The summed E-state index contributed by atoms with van der Waals surface area (Å²) in [5.74, 6) is -7.44. The van der Waals surface area contributed by atoms with Crippen LogP contribution in [-0.4, -0.2) is 29.6 Å². The first-order valence-corrected chi connectivity index (χ1v) is 6.76. The van der Waals surface area contributed by atoms with E-state index in [9.17, 15) is 27.5 Å². The number of nitrogens with one attached hydrogen (secondary N) is 1. The number of esters is 1. The van der Waals surface area contributed by atoms with Crippen molar-refractivity contribution in [2.24, 2.45) is 5.92 Å². The Bertz CT molecular complexity index is 702. The molecule has 0 spiro atoms. The van der Waals surface area contributed by atoms with Crippen molar-refractivity contribution in [2.45, 2.75) is 19.5 Å². The zero-order chi connectivity index (χ0) is 17.3. The van der Waals surface area contributed by atoms with Crippen molar-refractivity contribution in [3.05, 3.63) is 40.7 Å². The van der Waals surface area contributed by atoms with Crippen LogP contribution in [0.25, 0.3) is 5.76 Å². The van der Waals surface area contributed by atoms with Crippen molar-refractivity contribution in [3.8, 4) is 0 Å². The number of halogens is 4. The van der Waals surface area contributed by atoms with Gasteiger partial charge in [-0.3, -0.25) is 0 Å². The van der Waals surface area contributed by atoms with Crippen LogP contribution in [0.3, 0.4) is 0 Å². The first-order chi connectivity index (χ1) is 10.8. The zero-order valence-electron chi connectivity index (χ0n) is 12.0. The van der Waals surface area contributed by atoms with Crippen LogP contribution in [0.4, 0.5) is 17.6 Å². The van der Waals surface area contributed by atoms with Gasteiger partial charge in [0.1, 0.15) is 23.3 Å². The van der Waals surface area contributed by atoms with Gasteiger partial charge in [-0.05, 0) is 19.4 Å². The predicted octanol–water partition coefficient (Wildman–Crippen LogP) is 3.31. The molecule has 8 heteroatoms. The van der Waals surface area contributed by atoms with E-state index in [0.29, 0.717) is 6.07 Å². The minimum atomic E-state index is -1.47. The second-order valence-corrected chi connectivity index (χ2v) is 4.96. The smallest absolute Gasteiger partial charge is 0.343 e. The summed E-state index contributed by atoms with van der Waals surface area (Å²) < 4.78 is 57.7. The topological polar surface area (TPSA) is 70.4 Å². The normalized spacial score (nSPS) is 20.7. The maximum Gasteiger partial charge on any atom is 0.343 e. The van der Waals surface area contributed by atoms with E-state index in [-0.39, 0.29) is 19.1 Å². The van der Waals surface area contributed by atoms with Gasteiger partial charge in [-0.1, -0.05) is 0 Å². The molecule has 2 rings (SSSR count). The molecule has 4 nitrogen and oxygen atoms in total. The molecule has 2 unspecified atom stereocenters. The van der Waals surface area contributed by atoms with Crippen LogP contribution in [0.15, 0.2) is 17.7 Å². The van der Waals surface area contributed by atoms with Crippen LogP contribution in [0.1, 0.15) is 18.9 Å². The number of alkyl halides is 1. The molecule has 1 aromatic carbocycles. The van der Waals surface area contributed by atoms with Crippen LogP contribution in [0.5, 0.6) is 0 Å². The number of aliphatic hydroxyl groups is 1. The molecule has 0 aliphatic heterocycles.